The van der Waals surface area contributed by atoms with E-state index < -0.39 is 0 Å². The van der Waals surface area contributed by atoms with Crippen molar-refractivity contribution in [1.82, 2.24) is 9.62 Å². The van der Waals surface area contributed by atoms with Crippen LogP contribution in [0, 0.1) is 5.41 Å². The number of nitrogens with zero attached hydrogens (tertiary/aromatic N) is 1. The monoisotopic (exact) mass is 145 g/mol. The fourth-order valence-corrected chi connectivity index (χ4v) is 0.663. The minimum atomic E-state index is 0.438. The van der Waals surface area contributed by atoms with Crippen molar-refractivity contribution in [3.63, 3.8) is 0 Å². The molecule has 0 bridgehead atoms. The molecular formula is C5H11N3S. The Bertz CT molecular complexity index is 113. The Morgan fingerprint density at radius 3 is 2.78 bits per heavy atom. The highest BCUT2D eigenvalue weighted by Crippen LogP contribution is 1.98. The molecule has 0 aliphatic heterocycles. The van der Waals surface area contributed by atoms with Crippen LogP contribution in [0.3, 0.4) is 0 Å². The van der Waals surface area contributed by atoms with Crippen molar-refractivity contribution in [2.24, 2.45) is 0 Å². The summed E-state index contributed by atoms with van der Waals surface area (Å²) < 4.78 is 2.79. The first-order chi connectivity index (χ1) is 4.22. The second kappa shape index (κ2) is 4.40. The lowest BCUT2D eigenvalue weighted by atomic mass is 10.8. The van der Waals surface area contributed by atoms with Gasteiger partial charge in [0.25, 0.3) is 0 Å². The summed E-state index contributed by atoms with van der Waals surface area (Å²) in [6.07, 6.45) is 1.59. The Morgan fingerprint density at radius 1 is 1.89 bits per heavy atom. The Labute approximate surface area is 59.8 Å². The van der Waals surface area contributed by atoms with Crippen molar-refractivity contribution in [2.45, 2.75) is 0 Å². The van der Waals surface area contributed by atoms with Gasteiger partial charge in [0.15, 0.2) is 5.17 Å². The maximum atomic E-state index is 7.25. The largest absolute Gasteiger partial charge is 0.331 e. The van der Waals surface area contributed by atoms with Gasteiger partial charge in [0.2, 0.25) is 0 Å². The number of rotatable bonds is 2. The molecule has 0 aromatic heterocycles. The quantitative estimate of drug-likeness (QED) is 0.344. The van der Waals surface area contributed by atoms with Gasteiger partial charge in [0.1, 0.15) is 0 Å². The molecule has 0 radical (unpaired) electrons. The van der Waals surface area contributed by atoms with E-state index in [-0.39, 0.29) is 0 Å². The van der Waals surface area contributed by atoms with E-state index in [2.05, 4.69) is 11.3 Å². The zero-order valence-corrected chi connectivity index (χ0v) is 6.46. The van der Waals surface area contributed by atoms with Gasteiger partial charge in [0, 0.05) is 7.05 Å². The summed E-state index contributed by atoms with van der Waals surface area (Å²) in [5.74, 6) is 0. The molecule has 0 atom stereocenters. The molecule has 0 aromatic rings. The Morgan fingerprint density at radius 2 is 2.44 bits per heavy atom. The van der Waals surface area contributed by atoms with Crippen molar-refractivity contribution in [1.29, 1.82) is 5.41 Å². The molecule has 52 valence electrons. The van der Waals surface area contributed by atoms with E-state index in [1.54, 1.807) is 25.2 Å². The van der Waals surface area contributed by atoms with Gasteiger partial charge in [-0.25, -0.2) is 0 Å². The number of nitrogens with one attached hydrogen (secondary N) is 2. The lowest BCUT2D eigenvalue weighted by Gasteiger charge is -2.11. The summed E-state index contributed by atoms with van der Waals surface area (Å²) in [5, 5.41) is 7.69. The van der Waals surface area contributed by atoms with Crippen LogP contribution in [0.4, 0.5) is 0 Å². The summed E-state index contributed by atoms with van der Waals surface area (Å²) in [6.45, 7) is 3.51. The summed E-state index contributed by atoms with van der Waals surface area (Å²) in [7, 11) is 3.55. The number of hydrogen-bond acceptors (Lipinski definition) is 3. The van der Waals surface area contributed by atoms with Gasteiger partial charge >= 0.3 is 0 Å². The molecule has 3 nitrogen and oxygen atoms in total. The molecule has 0 aliphatic rings. The topological polar surface area (TPSA) is 39.1 Å². The SMILES string of the molecule is C=CN(C)C(=N)SNC. The van der Waals surface area contributed by atoms with Crippen LogP contribution in [-0.2, 0) is 0 Å². The lowest BCUT2D eigenvalue weighted by molar-refractivity contribution is 0.700. The fourth-order valence-electron chi connectivity index (χ4n) is 0.252. The molecule has 0 spiro atoms. The third kappa shape index (κ3) is 3.16. The first kappa shape index (κ1) is 8.52. The summed E-state index contributed by atoms with van der Waals surface area (Å²) in [5.41, 5.74) is 0. The summed E-state index contributed by atoms with van der Waals surface area (Å²) in [4.78, 5) is 1.63. The summed E-state index contributed by atoms with van der Waals surface area (Å²) >= 11 is 1.25. The van der Waals surface area contributed by atoms with E-state index in [4.69, 9.17) is 5.41 Å². The summed E-state index contributed by atoms with van der Waals surface area (Å²) in [6, 6.07) is 0. The van der Waals surface area contributed by atoms with Crippen molar-refractivity contribution < 1.29 is 0 Å². The highest BCUT2D eigenvalue weighted by molar-refractivity contribution is 8.12. The van der Waals surface area contributed by atoms with Gasteiger partial charge in [0.05, 0.1) is 0 Å². The zero-order valence-electron chi connectivity index (χ0n) is 5.64. The van der Waals surface area contributed by atoms with Gasteiger partial charge in [-0.1, -0.05) is 6.58 Å². The van der Waals surface area contributed by atoms with E-state index in [1.807, 2.05) is 0 Å². The maximum Gasteiger partial charge on any atom is 0.175 e. The van der Waals surface area contributed by atoms with Crippen LogP contribution in [0.25, 0.3) is 0 Å². The van der Waals surface area contributed by atoms with Gasteiger partial charge in [-0.3, -0.25) is 10.1 Å². The Balaban J connectivity index is 3.58. The molecule has 0 amide bonds. The van der Waals surface area contributed by atoms with Crippen molar-refractivity contribution in [3.05, 3.63) is 12.8 Å². The zero-order chi connectivity index (χ0) is 7.28. The predicted molar refractivity (Wildman–Crippen MR) is 42.3 cm³/mol. The second-order valence-corrected chi connectivity index (χ2v) is 2.40. The van der Waals surface area contributed by atoms with Crippen LogP contribution in [0.15, 0.2) is 12.8 Å². The van der Waals surface area contributed by atoms with Gasteiger partial charge in [-0.2, -0.15) is 0 Å². The fraction of sp³-hybridized carbons (Fsp3) is 0.400. The van der Waals surface area contributed by atoms with Crippen molar-refractivity contribution in [3.8, 4) is 0 Å². The molecule has 0 aliphatic carbocycles. The van der Waals surface area contributed by atoms with Crippen LogP contribution in [-0.4, -0.2) is 24.2 Å². The average molecular weight is 145 g/mol. The van der Waals surface area contributed by atoms with Crippen molar-refractivity contribution in [2.75, 3.05) is 14.1 Å². The molecule has 2 N–H and O–H groups in total. The molecule has 0 saturated heterocycles. The normalized spacial score (nSPS) is 8.67. The highest BCUT2D eigenvalue weighted by atomic mass is 32.2. The molecule has 0 fully saturated rings. The predicted octanol–water partition coefficient (Wildman–Crippen LogP) is 0.864. The van der Waals surface area contributed by atoms with E-state index in [9.17, 15) is 0 Å². The molecule has 0 saturated carbocycles. The third-order valence-electron chi connectivity index (χ3n) is 0.793. The van der Waals surface area contributed by atoms with Crippen LogP contribution >= 0.6 is 11.9 Å². The maximum absolute atomic E-state index is 7.25. The first-order valence-corrected chi connectivity index (χ1v) is 3.31. The Hall–Kier alpha value is -0.480. The lowest BCUT2D eigenvalue weighted by Crippen LogP contribution is -2.18. The van der Waals surface area contributed by atoms with Crippen LogP contribution in [0.5, 0.6) is 0 Å². The number of hydrogen-bond donors (Lipinski definition) is 2. The first-order valence-electron chi connectivity index (χ1n) is 2.50. The molecule has 4 heteroatoms. The van der Waals surface area contributed by atoms with Crippen molar-refractivity contribution >= 4 is 17.1 Å². The Kier molecular flexibility index (Phi) is 4.17. The molecule has 0 aromatic carbocycles. The van der Waals surface area contributed by atoms with Crippen LogP contribution in [0.2, 0.25) is 0 Å². The van der Waals surface area contributed by atoms with E-state index in [0.29, 0.717) is 5.17 Å². The third-order valence-corrected chi connectivity index (χ3v) is 1.48. The minimum absolute atomic E-state index is 0.438. The number of amidine groups is 1. The van der Waals surface area contributed by atoms with Gasteiger partial charge in [-0.05, 0) is 25.2 Å². The highest BCUT2D eigenvalue weighted by Gasteiger charge is 1.96. The molecule has 0 unspecified atom stereocenters. The smallest absolute Gasteiger partial charge is 0.175 e. The molecule has 0 rings (SSSR count). The molecular weight excluding hydrogens is 134 g/mol. The second-order valence-electron chi connectivity index (χ2n) is 1.40. The van der Waals surface area contributed by atoms with Crippen LogP contribution < -0.4 is 4.72 Å². The van der Waals surface area contributed by atoms with E-state index in [0.717, 1.165) is 0 Å². The van der Waals surface area contributed by atoms with E-state index >= 15 is 0 Å². The van der Waals surface area contributed by atoms with Gasteiger partial charge in [-0.15, -0.1) is 0 Å². The van der Waals surface area contributed by atoms with Gasteiger partial charge < -0.3 is 4.90 Å². The minimum Gasteiger partial charge on any atom is -0.331 e. The molecule has 9 heavy (non-hydrogen) atoms. The van der Waals surface area contributed by atoms with E-state index in [1.165, 1.54) is 11.9 Å². The average Bonchev–Trinajstić information content (AvgIpc) is 1.87. The van der Waals surface area contributed by atoms with Crippen LogP contribution in [0.1, 0.15) is 0 Å². The molecule has 0 heterocycles. The standard InChI is InChI=1S/C5H11N3S/c1-4-8(3)5(6)9-7-2/h4,6-7H,1H2,2-3H3.